The molecule has 0 saturated heterocycles. The third-order valence-electron chi connectivity index (χ3n) is 5.19. The highest BCUT2D eigenvalue weighted by Gasteiger charge is 2.18. The topological polar surface area (TPSA) is 69.3 Å². The molecule has 0 unspecified atom stereocenters. The second-order valence-electron chi connectivity index (χ2n) is 7.61. The Labute approximate surface area is 185 Å². The van der Waals surface area contributed by atoms with Gasteiger partial charge in [-0.2, -0.15) is 5.10 Å². The normalized spacial score (nSPS) is 10.9. The molecule has 0 fully saturated rings. The molecule has 4 aromatic rings. The number of hydrogen-bond acceptors (Lipinski definition) is 4. The number of amides is 1. The lowest BCUT2D eigenvalue weighted by atomic mass is 10.2. The minimum Gasteiger partial charge on any atom is -0.485 e. The van der Waals surface area contributed by atoms with Gasteiger partial charge in [0.2, 0.25) is 0 Å². The minimum atomic E-state index is -0.372. The van der Waals surface area contributed by atoms with Crippen molar-refractivity contribution in [3.63, 3.8) is 0 Å². The van der Waals surface area contributed by atoms with E-state index in [2.05, 4.69) is 10.4 Å². The van der Waals surface area contributed by atoms with Crippen molar-refractivity contribution < 1.29 is 18.3 Å². The van der Waals surface area contributed by atoms with Crippen LogP contribution in [0.5, 0.6) is 5.75 Å². The number of hydrogen-bond donors (Lipinski definition) is 1. The number of aryl methyl sites for hydroxylation is 2. The van der Waals surface area contributed by atoms with Gasteiger partial charge in [-0.25, -0.2) is 4.39 Å². The molecule has 0 aliphatic carbocycles. The van der Waals surface area contributed by atoms with Crippen LogP contribution in [0.25, 0.3) is 0 Å². The van der Waals surface area contributed by atoms with Crippen molar-refractivity contribution in [3.8, 4) is 5.75 Å². The molecule has 0 atom stereocenters. The summed E-state index contributed by atoms with van der Waals surface area (Å²) in [6.45, 7) is 6.27. The average molecular weight is 433 g/mol. The van der Waals surface area contributed by atoms with Gasteiger partial charge < -0.3 is 14.5 Å². The highest BCUT2D eigenvalue weighted by Crippen LogP contribution is 2.23. The number of furan rings is 1. The molecule has 0 aliphatic rings. The maximum Gasteiger partial charge on any atom is 0.291 e. The largest absolute Gasteiger partial charge is 0.485 e. The van der Waals surface area contributed by atoms with Crippen molar-refractivity contribution in [2.24, 2.45) is 0 Å². The maximum atomic E-state index is 13.5. The number of benzene rings is 2. The Morgan fingerprint density at radius 2 is 1.91 bits per heavy atom. The molecule has 32 heavy (non-hydrogen) atoms. The Bertz CT molecular complexity index is 1260. The summed E-state index contributed by atoms with van der Waals surface area (Å²) in [6, 6.07) is 17.4. The lowest BCUT2D eigenvalue weighted by Gasteiger charge is -2.07. The SMILES string of the molecule is Cc1ccccc1OCc1ccc(C(=O)Nc2c(C)nn(Cc3cccc(F)c3)c2C)o1. The van der Waals surface area contributed by atoms with Crippen molar-refractivity contribution in [3.05, 3.63) is 101 Å². The molecule has 0 saturated carbocycles. The standard InChI is InChI=1S/C25H24FN3O3/c1-16-7-4-5-10-22(16)31-15-21-11-12-23(32-21)25(30)27-24-17(2)28-29(18(24)3)14-19-8-6-9-20(26)13-19/h4-13H,14-15H2,1-3H3,(H,27,30). The van der Waals surface area contributed by atoms with Crippen molar-refractivity contribution in [2.75, 3.05) is 5.32 Å². The Balaban J connectivity index is 1.43. The molecule has 0 radical (unpaired) electrons. The summed E-state index contributed by atoms with van der Waals surface area (Å²) >= 11 is 0. The Morgan fingerprint density at radius 1 is 1.09 bits per heavy atom. The number of nitrogens with one attached hydrogen (secondary N) is 1. The van der Waals surface area contributed by atoms with Crippen LogP contribution in [0.15, 0.2) is 65.1 Å². The van der Waals surface area contributed by atoms with Crippen LogP contribution in [0.4, 0.5) is 10.1 Å². The van der Waals surface area contributed by atoms with Crippen LogP contribution in [0, 0.1) is 26.6 Å². The van der Waals surface area contributed by atoms with Crippen LogP contribution in [0.2, 0.25) is 0 Å². The molecule has 0 spiro atoms. The first-order valence-corrected chi connectivity index (χ1v) is 10.3. The van der Waals surface area contributed by atoms with E-state index in [-0.39, 0.29) is 24.1 Å². The molecule has 7 heteroatoms. The number of carbonyl (C=O) groups is 1. The molecule has 2 aromatic carbocycles. The smallest absolute Gasteiger partial charge is 0.291 e. The predicted molar refractivity (Wildman–Crippen MR) is 119 cm³/mol. The molecule has 2 aromatic heterocycles. The Kier molecular flexibility index (Phi) is 6.07. The van der Waals surface area contributed by atoms with Gasteiger partial charge in [0, 0.05) is 0 Å². The van der Waals surface area contributed by atoms with Gasteiger partial charge in [0.25, 0.3) is 5.91 Å². The summed E-state index contributed by atoms with van der Waals surface area (Å²) in [5.41, 5.74) is 3.87. The second-order valence-corrected chi connectivity index (χ2v) is 7.61. The summed E-state index contributed by atoms with van der Waals surface area (Å²) in [6.07, 6.45) is 0. The van der Waals surface area contributed by atoms with Gasteiger partial charge in [0.1, 0.15) is 23.9 Å². The van der Waals surface area contributed by atoms with Crippen molar-refractivity contribution in [1.29, 1.82) is 0 Å². The second kappa shape index (κ2) is 9.09. The molecule has 0 bridgehead atoms. The van der Waals surface area contributed by atoms with Gasteiger partial charge in [-0.05, 0) is 62.2 Å². The summed E-state index contributed by atoms with van der Waals surface area (Å²) < 4.78 is 26.7. The van der Waals surface area contributed by atoms with Crippen molar-refractivity contribution in [1.82, 2.24) is 9.78 Å². The van der Waals surface area contributed by atoms with E-state index < -0.39 is 0 Å². The number of halogens is 1. The highest BCUT2D eigenvalue weighted by atomic mass is 19.1. The molecule has 164 valence electrons. The van der Waals surface area contributed by atoms with Gasteiger partial charge in [-0.1, -0.05) is 30.3 Å². The lowest BCUT2D eigenvalue weighted by Crippen LogP contribution is -2.12. The third kappa shape index (κ3) is 4.72. The number of anilines is 1. The molecule has 4 rings (SSSR count). The number of aromatic nitrogens is 2. The van der Waals surface area contributed by atoms with E-state index in [9.17, 15) is 9.18 Å². The van der Waals surface area contributed by atoms with E-state index in [4.69, 9.17) is 9.15 Å². The maximum absolute atomic E-state index is 13.5. The number of ether oxygens (including phenoxy) is 1. The summed E-state index contributed by atoms with van der Waals surface area (Å²) in [4.78, 5) is 12.7. The number of carbonyl (C=O) groups excluding carboxylic acids is 1. The van der Waals surface area contributed by atoms with E-state index in [1.165, 1.54) is 12.1 Å². The summed E-state index contributed by atoms with van der Waals surface area (Å²) in [7, 11) is 0. The number of nitrogens with zero attached hydrogens (tertiary/aromatic N) is 2. The molecular formula is C25H24FN3O3. The van der Waals surface area contributed by atoms with Crippen LogP contribution >= 0.6 is 0 Å². The average Bonchev–Trinajstić information content (AvgIpc) is 3.34. The van der Waals surface area contributed by atoms with Crippen LogP contribution in [-0.4, -0.2) is 15.7 Å². The first-order valence-electron chi connectivity index (χ1n) is 10.3. The number of rotatable bonds is 7. The Morgan fingerprint density at radius 3 is 2.69 bits per heavy atom. The molecule has 2 heterocycles. The molecule has 1 N–H and O–H groups in total. The van der Waals surface area contributed by atoms with Gasteiger partial charge >= 0.3 is 0 Å². The molecular weight excluding hydrogens is 409 g/mol. The zero-order valence-corrected chi connectivity index (χ0v) is 18.2. The fourth-order valence-electron chi connectivity index (χ4n) is 3.46. The van der Waals surface area contributed by atoms with Crippen LogP contribution < -0.4 is 10.1 Å². The van der Waals surface area contributed by atoms with Gasteiger partial charge in [-0.15, -0.1) is 0 Å². The van der Waals surface area contributed by atoms with Crippen LogP contribution in [0.1, 0.15) is 38.8 Å². The first-order chi connectivity index (χ1) is 15.4. The molecule has 1 amide bonds. The molecule has 6 nitrogen and oxygen atoms in total. The third-order valence-corrected chi connectivity index (χ3v) is 5.19. The predicted octanol–water partition coefficient (Wildman–Crippen LogP) is 5.42. The van der Waals surface area contributed by atoms with Gasteiger partial charge in [0.15, 0.2) is 5.76 Å². The van der Waals surface area contributed by atoms with E-state index in [0.717, 1.165) is 22.6 Å². The number of para-hydroxylation sites is 1. The fourth-order valence-corrected chi connectivity index (χ4v) is 3.46. The zero-order chi connectivity index (χ0) is 22.7. The van der Waals surface area contributed by atoms with E-state index in [0.29, 0.717) is 23.7 Å². The Hall–Kier alpha value is -3.87. The summed E-state index contributed by atoms with van der Waals surface area (Å²) in [5.74, 6) is 0.840. The van der Waals surface area contributed by atoms with Crippen LogP contribution in [0.3, 0.4) is 0 Å². The van der Waals surface area contributed by atoms with E-state index in [1.807, 2.05) is 51.1 Å². The van der Waals surface area contributed by atoms with Crippen LogP contribution in [-0.2, 0) is 13.2 Å². The minimum absolute atomic E-state index is 0.185. The van der Waals surface area contributed by atoms with E-state index >= 15 is 0 Å². The lowest BCUT2D eigenvalue weighted by molar-refractivity contribution is 0.0992. The fraction of sp³-hybridized carbons (Fsp3) is 0.200. The zero-order valence-electron chi connectivity index (χ0n) is 18.2. The quantitative estimate of drug-likeness (QED) is 0.423. The van der Waals surface area contributed by atoms with Gasteiger partial charge in [-0.3, -0.25) is 9.48 Å². The van der Waals surface area contributed by atoms with Crippen molar-refractivity contribution in [2.45, 2.75) is 33.9 Å². The monoisotopic (exact) mass is 433 g/mol. The first kappa shape index (κ1) is 21.4. The van der Waals surface area contributed by atoms with Gasteiger partial charge in [0.05, 0.1) is 23.6 Å². The summed E-state index contributed by atoms with van der Waals surface area (Å²) in [5, 5.41) is 7.36. The van der Waals surface area contributed by atoms with E-state index in [1.54, 1.807) is 22.9 Å². The molecule has 0 aliphatic heterocycles. The highest BCUT2D eigenvalue weighted by molar-refractivity contribution is 6.02. The van der Waals surface area contributed by atoms with Crippen molar-refractivity contribution >= 4 is 11.6 Å².